The molecule has 0 amide bonds. The third-order valence-electron chi connectivity index (χ3n) is 3.64. The van der Waals surface area contributed by atoms with Crippen molar-refractivity contribution in [1.82, 2.24) is 4.98 Å². The highest BCUT2D eigenvalue weighted by molar-refractivity contribution is 5.89. The van der Waals surface area contributed by atoms with Crippen LogP contribution in [0, 0.1) is 10.1 Å². The van der Waals surface area contributed by atoms with Gasteiger partial charge in [-0.3, -0.25) is 10.1 Å². The number of rotatable bonds is 10. The van der Waals surface area contributed by atoms with Crippen LogP contribution in [0.1, 0.15) is 29.6 Å². The second kappa shape index (κ2) is 9.97. The van der Waals surface area contributed by atoms with Crippen molar-refractivity contribution >= 4 is 17.5 Å². The second-order valence-corrected chi connectivity index (χ2v) is 5.51. The summed E-state index contributed by atoms with van der Waals surface area (Å²) in [5.74, 6) is 0.943. The van der Waals surface area contributed by atoms with Crippen LogP contribution < -0.4 is 10.1 Å². The number of methoxy groups -OCH3 is 1. The molecule has 0 bridgehead atoms. The zero-order chi connectivity index (χ0) is 18.8. The van der Waals surface area contributed by atoms with Crippen molar-refractivity contribution in [3.63, 3.8) is 0 Å². The maximum atomic E-state index is 11.9. The summed E-state index contributed by atoms with van der Waals surface area (Å²) in [4.78, 5) is 25.9. The molecule has 0 saturated carbocycles. The Morgan fingerprint density at radius 3 is 2.54 bits per heavy atom. The Bertz CT molecular complexity index is 717. The third-order valence-corrected chi connectivity index (χ3v) is 3.64. The predicted octanol–water partition coefficient (Wildman–Crippen LogP) is 3.44. The van der Waals surface area contributed by atoms with Gasteiger partial charge in [0.25, 0.3) is 5.69 Å². The Balaban J connectivity index is 1.57. The number of pyridine rings is 1. The third kappa shape index (κ3) is 6.04. The van der Waals surface area contributed by atoms with E-state index in [1.807, 2.05) is 0 Å². The smallest absolute Gasteiger partial charge is 0.338 e. The monoisotopic (exact) mass is 359 g/mol. The van der Waals surface area contributed by atoms with Crippen molar-refractivity contribution in [3.8, 4) is 5.75 Å². The summed E-state index contributed by atoms with van der Waals surface area (Å²) in [5, 5.41) is 13.6. The van der Waals surface area contributed by atoms with Crippen LogP contribution in [0.2, 0.25) is 0 Å². The Labute approximate surface area is 151 Å². The summed E-state index contributed by atoms with van der Waals surface area (Å²) in [6, 6.07) is 9.76. The van der Waals surface area contributed by atoms with Gasteiger partial charge < -0.3 is 14.8 Å². The summed E-state index contributed by atoms with van der Waals surface area (Å²) in [6.07, 6.45) is 3.74. The highest BCUT2D eigenvalue weighted by Crippen LogP contribution is 2.13. The number of hydrogen-bond donors (Lipinski definition) is 1. The Kier molecular flexibility index (Phi) is 7.35. The lowest BCUT2D eigenvalue weighted by molar-refractivity contribution is -0.385. The maximum absolute atomic E-state index is 11.9. The van der Waals surface area contributed by atoms with Gasteiger partial charge in [-0.05, 0) is 49.6 Å². The number of anilines is 1. The normalized spacial score (nSPS) is 10.2. The molecule has 1 N–H and O–H groups in total. The van der Waals surface area contributed by atoms with Crippen LogP contribution in [-0.2, 0) is 4.74 Å². The van der Waals surface area contributed by atoms with E-state index in [1.165, 1.54) is 12.3 Å². The van der Waals surface area contributed by atoms with Crippen molar-refractivity contribution in [1.29, 1.82) is 0 Å². The highest BCUT2D eigenvalue weighted by Gasteiger charge is 2.07. The van der Waals surface area contributed by atoms with Crippen molar-refractivity contribution in [2.75, 3.05) is 25.6 Å². The molecular formula is C18H21N3O5. The molecule has 1 aromatic heterocycles. The standard InChI is InChI=1S/C18H21N3O5/c1-25-16-8-5-14(6-9-16)18(22)26-12-4-2-3-11-19-17-10-7-15(13-20-17)21(23)24/h5-10,13H,2-4,11-12H2,1H3,(H,19,20). The van der Waals surface area contributed by atoms with Gasteiger partial charge >= 0.3 is 5.97 Å². The summed E-state index contributed by atoms with van der Waals surface area (Å²) >= 11 is 0. The minimum Gasteiger partial charge on any atom is -0.497 e. The van der Waals surface area contributed by atoms with Gasteiger partial charge in [0.2, 0.25) is 0 Å². The van der Waals surface area contributed by atoms with E-state index in [0.29, 0.717) is 30.3 Å². The first-order chi connectivity index (χ1) is 12.6. The molecule has 26 heavy (non-hydrogen) atoms. The van der Waals surface area contributed by atoms with Gasteiger partial charge in [0, 0.05) is 12.6 Å². The molecule has 2 rings (SSSR count). The zero-order valence-corrected chi connectivity index (χ0v) is 14.5. The molecule has 0 unspecified atom stereocenters. The highest BCUT2D eigenvalue weighted by atomic mass is 16.6. The maximum Gasteiger partial charge on any atom is 0.338 e. The van der Waals surface area contributed by atoms with Gasteiger partial charge in [-0.15, -0.1) is 0 Å². The zero-order valence-electron chi connectivity index (χ0n) is 14.5. The van der Waals surface area contributed by atoms with E-state index in [1.54, 1.807) is 37.4 Å². The molecule has 8 nitrogen and oxygen atoms in total. The fraction of sp³-hybridized carbons (Fsp3) is 0.333. The Morgan fingerprint density at radius 2 is 1.92 bits per heavy atom. The number of hydrogen-bond acceptors (Lipinski definition) is 7. The average molecular weight is 359 g/mol. The van der Waals surface area contributed by atoms with Gasteiger partial charge in [0.05, 0.1) is 24.2 Å². The molecule has 0 aliphatic heterocycles. The van der Waals surface area contributed by atoms with Crippen LogP contribution in [0.15, 0.2) is 42.6 Å². The molecule has 8 heteroatoms. The number of nitrogens with one attached hydrogen (secondary N) is 1. The van der Waals surface area contributed by atoms with E-state index in [9.17, 15) is 14.9 Å². The molecule has 1 aromatic carbocycles. The van der Waals surface area contributed by atoms with Crippen LogP contribution in [0.25, 0.3) is 0 Å². The molecule has 1 heterocycles. The number of nitrogens with zero attached hydrogens (tertiary/aromatic N) is 2. The van der Waals surface area contributed by atoms with E-state index in [-0.39, 0.29) is 11.7 Å². The minimum atomic E-state index is -0.482. The van der Waals surface area contributed by atoms with Crippen molar-refractivity contribution in [2.24, 2.45) is 0 Å². The number of aromatic nitrogens is 1. The number of nitro groups is 1. The van der Waals surface area contributed by atoms with Crippen LogP contribution in [0.4, 0.5) is 11.5 Å². The molecular weight excluding hydrogens is 338 g/mol. The summed E-state index contributed by atoms with van der Waals surface area (Å²) in [7, 11) is 1.57. The minimum absolute atomic E-state index is 0.0331. The number of carbonyl (C=O) groups is 1. The molecule has 0 saturated heterocycles. The fourth-order valence-electron chi connectivity index (χ4n) is 2.19. The van der Waals surface area contributed by atoms with Crippen molar-refractivity contribution in [2.45, 2.75) is 19.3 Å². The number of unbranched alkanes of at least 4 members (excludes halogenated alkanes) is 2. The largest absolute Gasteiger partial charge is 0.497 e. The van der Waals surface area contributed by atoms with Gasteiger partial charge in [-0.1, -0.05) is 0 Å². The average Bonchev–Trinajstić information content (AvgIpc) is 2.67. The van der Waals surface area contributed by atoms with Gasteiger partial charge in [0.1, 0.15) is 17.8 Å². The van der Waals surface area contributed by atoms with E-state index < -0.39 is 4.92 Å². The molecule has 0 radical (unpaired) electrons. The lowest BCUT2D eigenvalue weighted by atomic mass is 10.2. The van der Waals surface area contributed by atoms with E-state index >= 15 is 0 Å². The fourth-order valence-corrected chi connectivity index (χ4v) is 2.19. The van der Waals surface area contributed by atoms with Crippen molar-refractivity contribution in [3.05, 3.63) is 58.3 Å². The molecule has 2 aromatic rings. The molecule has 0 aliphatic rings. The Morgan fingerprint density at radius 1 is 1.15 bits per heavy atom. The summed E-state index contributed by atoms with van der Waals surface area (Å²) < 4.78 is 10.3. The number of benzene rings is 1. The number of ether oxygens (including phenoxy) is 2. The summed E-state index contributed by atoms with van der Waals surface area (Å²) in [5.41, 5.74) is 0.464. The lowest BCUT2D eigenvalue weighted by Crippen LogP contribution is -2.07. The first-order valence-corrected chi connectivity index (χ1v) is 8.25. The quantitative estimate of drug-likeness (QED) is 0.300. The second-order valence-electron chi connectivity index (χ2n) is 5.51. The SMILES string of the molecule is COc1ccc(C(=O)OCCCCCNc2ccc([N+](=O)[O-])cn2)cc1. The van der Waals surface area contributed by atoms with Crippen LogP contribution >= 0.6 is 0 Å². The first-order valence-electron chi connectivity index (χ1n) is 8.25. The predicted molar refractivity (Wildman–Crippen MR) is 96.5 cm³/mol. The molecule has 0 fully saturated rings. The van der Waals surface area contributed by atoms with Crippen molar-refractivity contribution < 1.29 is 19.2 Å². The van der Waals surface area contributed by atoms with Gasteiger partial charge in [0.15, 0.2) is 0 Å². The van der Waals surface area contributed by atoms with Gasteiger partial charge in [-0.2, -0.15) is 0 Å². The van der Waals surface area contributed by atoms with Gasteiger partial charge in [-0.25, -0.2) is 9.78 Å². The van der Waals surface area contributed by atoms with Crippen LogP contribution in [0.3, 0.4) is 0 Å². The topological polar surface area (TPSA) is 104 Å². The first kappa shape index (κ1) is 19.2. The van der Waals surface area contributed by atoms with E-state index in [4.69, 9.17) is 9.47 Å². The van der Waals surface area contributed by atoms with E-state index in [0.717, 1.165) is 19.3 Å². The molecule has 138 valence electrons. The Hall–Kier alpha value is -3.16. The lowest BCUT2D eigenvalue weighted by Gasteiger charge is -2.07. The van der Waals surface area contributed by atoms with Crippen LogP contribution in [0.5, 0.6) is 5.75 Å². The van der Waals surface area contributed by atoms with Crippen LogP contribution in [-0.4, -0.2) is 36.1 Å². The summed E-state index contributed by atoms with van der Waals surface area (Å²) in [6.45, 7) is 1.05. The number of carbonyl (C=O) groups excluding carboxylic acids is 1. The number of esters is 1. The molecule has 0 atom stereocenters. The molecule has 0 aliphatic carbocycles. The van der Waals surface area contributed by atoms with E-state index in [2.05, 4.69) is 10.3 Å². The molecule has 0 spiro atoms.